The number of rotatable bonds is 5. The van der Waals surface area contributed by atoms with Crippen LogP contribution >= 0.6 is 0 Å². The summed E-state index contributed by atoms with van der Waals surface area (Å²) in [5, 5.41) is 13.8. The third kappa shape index (κ3) is 3.88. The fourth-order valence-corrected chi connectivity index (χ4v) is 2.39. The summed E-state index contributed by atoms with van der Waals surface area (Å²) >= 11 is 0. The number of anilines is 1. The predicted octanol–water partition coefficient (Wildman–Crippen LogP) is 2.13. The molecule has 1 N–H and O–H groups in total. The van der Waals surface area contributed by atoms with E-state index in [-0.39, 0.29) is 18.9 Å². The molecule has 2 aromatic carbocycles. The molecule has 1 aliphatic heterocycles. The van der Waals surface area contributed by atoms with Crippen LogP contribution in [0.1, 0.15) is 5.56 Å². The zero-order chi connectivity index (χ0) is 16.2. The summed E-state index contributed by atoms with van der Waals surface area (Å²) in [4.78, 5) is 10.2. The molecule has 0 bridgehead atoms. The van der Waals surface area contributed by atoms with Crippen molar-refractivity contribution in [2.75, 3.05) is 18.5 Å². The van der Waals surface area contributed by atoms with Crippen molar-refractivity contribution >= 4 is 24.0 Å². The Hall–Kier alpha value is -2.38. The maximum absolute atomic E-state index is 10.6. The van der Waals surface area contributed by atoms with Gasteiger partial charge in [-0.25, -0.2) is 0 Å². The van der Waals surface area contributed by atoms with Gasteiger partial charge in [-0.1, -0.05) is 29.8 Å². The first-order chi connectivity index (χ1) is 11.1. The highest BCUT2D eigenvalue weighted by atomic mass is 16.6. The quantitative estimate of drug-likeness (QED) is 0.520. The number of hydrogen-bond acceptors (Lipinski definition) is 5. The Kier molecular flexibility index (Phi) is 4.59. The molecule has 0 spiro atoms. The van der Waals surface area contributed by atoms with Crippen LogP contribution in [0.5, 0.6) is 0 Å². The second kappa shape index (κ2) is 6.81. The Labute approximate surface area is 134 Å². The van der Waals surface area contributed by atoms with E-state index in [1.165, 1.54) is 17.7 Å². The zero-order valence-corrected chi connectivity index (χ0v) is 12.8. The van der Waals surface area contributed by atoms with E-state index in [1.807, 2.05) is 31.2 Å². The van der Waals surface area contributed by atoms with Crippen molar-refractivity contribution in [1.29, 1.82) is 0 Å². The van der Waals surface area contributed by atoms with Crippen molar-refractivity contribution in [1.82, 2.24) is 0 Å². The summed E-state index contributed by atoms with van der Waals surface area (Å²) in [7, 11) is -0.334. The molecular weight excluding hydrogens is 295 g/mol. The average Bonchev–Trinajstić information content (AvgIpc) is 3.03. The molecule has 118 valence electrons. The van der Waals surface area contributed by atoms with Gasteiger partial charge in [0.25, 0.3) is 5.69 Å². The maximum atomic E-state index is 10.6. The molecule has 1 saturated heterocycles. The molecule has 6 nitrogen and oxygen atoms in total. The van der Waals surface area contributed by atoms with Gasteiger partial charge in [0.1, 0.15) is 0 Å². The molecule has 0 aromatic heterocycles. The number of benzene rings is 2. The molecule has 23 heavy (non-hydrogen) atoms. The minimum atomic E-state index is -0.413. The zero-order valence-electron chi connectivity index (χ0n) is 12.8. The summed E-state index contributed by atoms with van der Waals surface area (Å²) in [6.45, 7) is 3.13. The van der Waals surface area contributed by atoms with Crippen LogP contribution in [0, 0.1) is 17.0 Å². The molecule has 0 saturated carbocycles. The van der Waals surface area contributed by atoms with Gasteiger partial charge in [-0.3, -0.25) is 10.1 Å². The summed E-state index contributed by atoms with van der Waals surface area (Å²) < 4.78 is 11.6. The van der Waals surface area contributed by atoms with Crippen LogP contribution in [0.15, 0.2) is 48.5 Å². The molecule has 1 heterocycles. The Morgan fingerprint density at radius 1 is 1.22 bits per heavy atom. The van der Waals surface area contributed by atoms with Crippen molar-refractivity contribution in [2.45, 2.75) is 13.0 Å². The highest BCUT2D eigenvalue weighted by molar-refractivity contribution is 6.61. The van der Waals surface area contributed by atoms with Crippen LogP contribution in [0.25, 0.3) is 0 Å². The lowest BCUT2D eigenvalue weighted by Crippen LogP contribution is -2.33. The molecule has 7 heteroatoms. The highest BCUT2D eigenvalue weighted by Crippen LogP contribution is 2.16. The van der Waals surface area contributed by atoms with Gasteiger partial charge < -0.3 is 14.6 Å². The van der Waals surface area contributed by atoms with E-state index in [2.05, 4.69) is 5.32 Å². The van der Waals surface area contributed by atoms with Crippen LogP contribution in [0.4, 0.5) is 11.4 Å². The topological polar surface area (TPSA) is 73.6 Å². The fourth-order valence-electron chi connectivity index (χ4n) is 2.39. The van der Waals surface area contributed by atoms with E-state index in [4.69, 9.17) is 9.31 Å². The van der Waals surface area contributed by atoms with Crippen molar-refractivity contribution in [3.63, 3.8) is 0 Å². The Morgan fingerprint density at radius 3 is 2.57 bits per heavy atom. The first kappa shape index (κ1) is 15.5. The van der Waals surface area contributed by atoms with Gasteiger partial charge in [0.05, 0.1) is 17.6 Å². The van der Waals surface area contributed by atoms with Crippen LogP contribution in [0.2, 0.25) is 0 Å². The Balaban J connectivity index is 1.52. The summed E-state index contributed by atoms with van der Waals surface area (Å²) in [5.41, 5.74) is 3.10. The van der Waals surface area contributed by atoms with E-state index in [0.29, 0.717) is 13.2 Å². The van der Waals surface area contributed by atoms with Gasteiger partial charge >= 0.3 is 7.12 Å². The van der Waals surface area contributed by atoms with Gasteiger partial charge in [0.2, 0.25) is 0 Å². The third-order valence-electron chi connectivity index (χ3n) is 3.71. The van der Waals surface area contributed by atoms with Crippen LogP contribution in [-0.4, -0.2) is 31.3 Å². The predicted molar refractivity (Wildman–Crippen MR) is 89.0 cm³/mol. The second-order valence-corrected chi connectivity index (χ2v) is 5.52. The monoisotopic (exact) mass is 312 g/mol. The lowest BCUT2D eigenvalue weighted by atomic mass is 9.79. The summed E-state index contributed by atoms with van der Waals surface area (Å²) in [6.07, 6.45) is -0.0588. The minimum absolute atomic E-state index is 0.0588. The van der Waals surface area contributed by atoms with Crippen LogP contribution in [-0.2, 0) is 9.31 Å². The number of nitro groups is 1. The summed E-state index contributed by atoms with van der Waals surface area (Å²) in [5.74, 6) is 0. The van der Waals surface area contributed by atoms with E-state index in [9.17, 15) is 10.1 Å². The largest absolute Gasteiger partial charge is 0.494 e. The smallest absolute Gasteiger partial charge is 0.405 e. The number of nitro benzene ring substituents is 1. The van der Waals surface area contributed by atoms with Crippen molar-refractivity contribution in [3.8, 4) is 0 Å². The molecule has 0 amide bonds. The molecule has 1 atom stereocenters. The highest BCUT2D eigenvalue weighted by Gasteiger charge is 2.32. The number of nitrogens with zero attached hydrogens (tertiary/aromatic N) is 1. The van der Waals surface area contributed by atoms with Crippen LogP contribution in [0.3, 0.4) is 0 Å². The molecule has 1 fully saturated rings. The number of aryl methyl sites for hydroxylation is 1. The fraction of sp³-hybridized carbons (Fsp3) is 0.250. The SMILES string of the molecule is Cc1ccc(B2OC[C@@H](CNc3ccc([N+](=O)[O-])cc3)O2)cc1. The van der Waals surface area contributed by atoms with Gasteiger partial charge in [-0.2, -0.15) is 0 Å². The standard InChI is InChI=1S/C16H17BN2O4/c1-12-2-4-13(5-3-12)17-22-11-16(23-17)10-18-14-6-8-15(9-7-14)19(20)21/h2-9,16,18H,10-11H2,1H3/t16-/m1/s1. The third-order valence-corrected chi connectivity index (χ3v) is 3.71. The van der Waals surface area contributed by atoms with E-state index >= 15 is 0 Å². The normalized spacial score (nSPS) is 17.3. The number of hydrogen-bond donors (Lipinski definition) is 1. The molecule has 3 rings (SSSR count). The van der Waals surface area contributed by atoms with Gasteiger partial charge in [0.15, 0.2) is 0 Å². The lowest BCUT2D eigenvalue weighted by Gasteiger charge is -2.12. The van der Waals surface area contributed by atoms with E-state index in [1.54, 1.807) is 12.1 Å². The van der Waals surface area contributed by atoms with Gasteiger partial charge in [-0.05, 0) is 24.5 Å². The molecule has 0 aliphatic carbocycles. The average molecular weight is 312 g/mol. The number of nitrogens with one attached hydrogen (secondary N) is 1. The molecule has 2 aromatic rings. The van der Waals surface area contributed by atoms with Gasteiger partial charge in [-0.15, -0.1) is 0 Å². The van der Waals surface area contributed by atoms with Crippen molar-refractivity contribution in [3.05, 3.63) is 64.2 Å². The minimum Gasteiger partial charge on any atom is -0.405 e. The maximum Gasteiger partial charge on any atom is 0.494 e. The number of non-ortho nitro benzene ring substituents is 1. The van der Waals surface area contributed by atoms with Crippen molar-refractivity contribution in [2.24, 2.45) is 0 Å². The van der Waals surface area contributed by atoms with Crippen LogP contribution < -0.4 is 10.8 Å². The molecule has 0 radical (unpaired) electrons. The van der Waals surface area contributed by atoms with E-state index in [0.717, 1.165) is 11.2 Å². The first-order valence-corrected chi connectivity index (χ1v) is 7.44. The first-order valence-electron chi connectivity index (χ1n) is 7.44. The Morgan fingerprint density at radius 2 is 1.91 bits per heavy atom. The Bertz CT molecular complexity index is 675. The molecule has 1 aliphatic rings. The van der Waals surface area contributed by atoms with Crippen molar-refractivity contribution < 1.29 is 14.2 Å². The lowest BCUT2D eigenvalue weighted by molar-refractivity contribution is -0.384. The summed E-state index contributed by atoms with van der Waals surface area (Å²) in [6, 6.07) is 14.4. The van der Waals surface area contributed by atoms with E-state index < -0.39 is 4.92 Å². The molecule has 0 unspecified atom stereocenters. The van der Waals surface area contributed by atoms with Gasteiger partial charge in [0, 0.05) is 24.4 Å². The molecular formula is C16H17BN2O4. The second-order valence-electron chi connectivity index (χ2n) is 5.52.